The second-order valence-corrected chi connectivity index (χ2v) is 8.66. The number of imidazole rings is 1. The van der Waals surface area contributed by atoms with Crippen molar-refractivity contribution >= 4 is 39.1 Å². The van der Waals surface area contributed by atoms with Crippen molar-refractivity contribution in [3.05, 3.63) is 76.0 Å². The van der Waals surface area contributed by atoms with Gasteiger partial charge in [-0.3, -0.25) is 4.79 Å². The van der Waals surface area contributed by atoms with E-state index in [-0.39, 0.29) is 18.2 Å². The van der Waals surface area contributed by atoms with Gasteiger partial charge in [-0.05, 0) is 57.9 Å². The summed E-state index contributed by atoms with van der Waals surface area (Å²) in [5.74, 6) is 2.17. The Balaban J connectivity index is 1.56. The van der Waals surface area contributed by atoms with Gasteiger partial charge in [-0.1, -0.05) is 18.2 Å². The van der Waals surface area contributed by atoms with Crippen molar-refractivity contribution in [1.29, 1.82) is 0 Å². The van der Waals surface area contributed by atoms with Crippen LogP contribution in [0.3, 0.4) is 0 Å². The van der Waals surface area contributed by atoms with Crippen LogP contribution in [-0.2, 0) is 17.8 Å². The second-order valence-electron chi connectivity index (χ2n) is 7.81. The number of hydrazone groups is 1. The predicted octanol–water partition coefficient (Wildman–Crippen LogP) is 4.27. The molecule has 9 nitrogen and oxygen atoms in total. The monoisotopic (exact) mass is 552 g/mol. The number of nitrogens with one attached hydrogen (secondary N) is 1. The maximum absolute atomic E-state index is 12.8. The Kier molecular flexibility index (Phi) is 7.74. The molecule has 0 fully saturated rings. The normalized spacial score (nSPS) is 11.1. The van der Waals surface area contributed by atoms with Crippen molar-refractivity contribution in [3.63, 3.8) is 0 Å². The number of amides is 1. The first-order chi connectivity index (χ1) is 17.4. The highest BCUT2D eigenvalue weighted by Crippen LogP contribution is 2.32. The minimum atomic E-state index is -0.343. The molecular formula is C26H25BrN4O5. The summed E-state index contributed by atoms with van der Waals surface area (Å²) >= 11 is 3.27. The van der Waals surface area contributed by atoms with Crippen molar-refractivity contribution in [3.8, 4) is 23.0 Å². The minimum Gasteiger partial charge on any atom is -0.506 e. The van der Waals surface area contributed by atoms with E-state index in [9.17, 15) is 9.90 Å². The molecule has 0 saturated carbocycles. The Hall–Kier alpha value is -4.05. The van der Waals surface area contributed by atoms with E-state index in [2.05, 4.69) is 26.5 Å². The molecule has 2 N–H and O–H groups in total. The molecule has 0 aliphatic heterocycles. The van der Waals surface area contributed by atoms with Gasteiger partial charge in [-0.2, -0.15) is 5.10 Å². The largest absolute Gasteiger partial charge is 0.506 e. The molecule has 0 spiro atoms. The Bertz CT molecular complexity index is 1430. The summed E-state index contributed by atoms with van der Waals surface area (Å²) < 4.78 is 18.3. The van der Waals surface area contributed by atoms with Crippen LogP contribution < -0.4 is 19.6 Å². The average Bonchev–Trinajstić information content (AvgIpc) is 3.22. The van der Waals surface area contributed by atoms with Gasteiger partial charge in [0.15, 0.2) is 11.5 Å². The van der Waals surface area contributed by atoms with Crippen molar-refractivity contribution in [2.45, 2.75) is 13.0 Å². The zero-order valence-electron chi connectivity index (χ0n) is 20.0. The van der Waals surface area contributed by atoms with Crippen LogP contribution >= 0.6 is 15.9 Å². The molecule has 0 radical (unpaired) electrons. The van der Waals surface area contributed by atoms with Gasteiger partial charge >= 0.3 is 0 Å². The van der Waals surface area contributed by atoms with Gasteiger partial charge in [0.2, 0.25) is 0 Å². The predicted molar refractivity (Wildman–Crippen MR) is 140 cm³/mol. The lowest BCUT2D eigenvalue weighted by Crippen LogP contribution is -2.24. The highest BCUT2D eigenvalue weighted by molar-refractivity contribution is 9.10. The SMILES string of the molecule is COc1cc(Br)c(O)c(/C=N/NC(=O)Cn2c(Cc3ccc(OC)c(OC)c3)nc3ccccc32)c1. The number of phenols is 1. The van der Waals surface area contributed by atoms with E-state index in [4.69, 9.17) is 19.2 Å². The number of methoxy groups -OCH3 is 3. The number of nitrogens with zero attached hydrogens (tertiary/aromatic N) is 3. The number of fused-ring (bicyclic) bond motifs is 1. The first kappa shape index (κ1) is 25.1. The molecule has 36 heavy (non-hydrogen) atoms. The highest BCUT2D eigenvalue weighted by atomic mass is 79.9. The molecule has 186 valence electrons. The number of hydrogen-bond acceptors (Lipinski definition) is 7. The van der Waals surface area contributed by atoms with Crippen LogP contribution in [0.25, 0.3) is 11.0 Å². The van der Waals surface area contributed by atoms with Gasteiger partial charge in [0.1, 0.15) is 23.9 Å². The number of hydrogen-bond donors (Lipinski definition) is 2. The molecule has 1 amide bonds. The molecule has 0 aliphatic rings. The summed E-state index contributed by atoms with van der Waals surface area (Å²) in [6, 6.07) is 16.6. The standard InChI is InChI=1S/C26H25BrN4O5/c1-34-18-12-17(26(33)19(27)13-18)14-28-30-25(32)15-31-21-7-5-4-6-20(21)29-24(31)11-16-8-9-22(35-2)23(10-16)36-3/h4-10,12-14,33H,11,15H2,1-3H3,(H,30,32)/b28-14+. The molecule has 1 heterocycles. The van der Waals surface area contributed by atoms with Crippen molar-refractivity contribution in [2.75, 3.05) is 21.3 Å². The molecular weight excluding hydrogens is 528 g/mol. The van der Waals surface area contributed by atoms with Crippen LogP contribution in [0.2, 0.25) is 0 Å². The van der Waals surface area contributed by atoms with Crippen LogP contribution in [0.15, 0.2) is 64.2 Å². The zero-order chi connectivity index (χ0) is 25.7. The van der Waals surface area contributed by atoms with Crippen LogP contribution in [0.5, 0.6) is 23.0 Å². The number of carbonyl (C=O) groups excluding carboxylic acids is 1. The van der Waals surface area contributed by atoms with Crippen LogP contribution in [0, 0.1) is 0 Å². The van der Waals surface area contributed by atoms with Gasteiger partial charge < -0.3 is 23.9 Å². The number of aromatic nitrogens is 2. The van der Waals surface area contributed by atoms with E-state index in [1.807, 2.05) is 47.0 Å². The number of halogens is 1. The number of ether oxygens (including phenoxy) is 3. The van der Waals surface area contributed by atoms with E-state index in [1.54, 1.807) is 26.4 Å². The smallest absolute Gasteiger partial charge is 0.260 e. The minimum absolute atomic E-state index is 0.00777. The first-order valence-electron chi connectivity index (χ1n) is 11.0. The van der Waals surface area contributed by atoms with E-state index in [0.29, 0.717) is 33.7 Å². The van der Waals surface area contributed by atoms with Crippen molar-refractivity contribution in [1.82, 2.24) is 15.0 Å². The van der Waals surface area contributed by atoms with Crippen LogP contribution in [-0.4, -0.2) is 48.1 Å². The first-order valence-corrected chi connectivity index (χ1v) is 11.8. The van der Waals surface area contributed by atoms with Crippen LogP contribution in [0.4, 0.5) is 0 Å². The lowest BCUT2D eigenvalue weighted by atomic mass is 10.1. The summed E-state index contributed by atoms with van der Waals surface area (Å²) in [6.07, 6.45) is 1.84. The fraction of sp³-hybridized carbons (Fsp3) is 0.192. The summed E-state index contributed by atoms with van der Waals surface area (Å²) in [7, 11) is 4.70. The van der Waals surface area contributed by atoms with Gasteiger partial charge in [0.05, 0.1) is 43.1 Å². The Morgan fingerprint density at radius 3 is 2.61 bits per heavy atom. The molecule has 4 rings (SSSR count). The van der Waals surface area contributed by atoms with Gasteiger partial charge in [0.25, 0.3) is 5.91 Å². The van der Waals surface area contributed by atoms with Crippen molar-refractivity contribution in [2.24, 2.45) is 5.10 Å². The van der Waals surface area contributed by atoms with E-state index < -0.39 is 0 Å². The molecule has 0 bridgehead atoms. The summed E-state index contributed by atoms with van der Waals surface area (Å²) in [6.45, 7) is 0.00820. The quantitative estimate of drug-likeness (QED) is 0.237. The molecule has 10 heteroatoms. The maximum Gasteiger partial charge on any atom is 0.260 e. The molecule has 4 aromatic rings. The summed E-state index contributed by atoms with van der Waals surface area (Å²) in [5, 5.41) is 14.2. The van der Waals surface area contributed by atoms with E-state index in [1.165, 1.54) is 13.3 Å². The Morgan fingerprint density at radius 2 is 1.86 bits per heavy atom. The van der Waals surface area contributed by atoms with Gasteiger partial charge in [0, 0.05) is 12.0 Å². The fourth-order valence-electron chi connectivity index (χ4n) is 3.77. The summed E-state index contributed by atoms with van der Waals surface area (Å²) in [4.78, 5) is 17.5. The summed E-state index contributed by atoms with van der Waals surface area (Å²) in [5.41, 5.74) is 5.50. The molecule has 0 atom stereocenters. The van der Waals surface area contributed by atoms with Gasteiger partial charge in [-0.15, -0.1) is 0 Å². The molecule has 0 aliphatic carbocycles. The highest BCUT2D eigenvalue weighted by Gasteiger charge is 2.15. The van der Waals surface area contributed by atoms with E-state index >= 15 is 0 Å². The lowest BCUT2D eigenvalue weighted by Gasteiger charge is -2.11. The zero-order valence-corrected chi connectivity index (χ0v) is 21.6. The van der Waals surface area contributed by atoms with Crippen LogP contribution in [0.1, 0.15) is 17.0 Å². The van der Waals surface area contributed by atoms with Crippen molar-refractivity contribution < 1.29 is 24.1 Å². The van der Waals surface area contributed by atoms with E-state index in [0.717, 1.165) is 22.4 Å². The topological polar surface area (TPSA) is 107 Å². The Morgan fingerprint density at radius 1 is 1.08 bits per heavy atom. The average molecular weight is 553 g/mol. The number of aromatic hydroxyl groups is 1. The molecule has 0 unspecified atom stereocenters. The molecule has 0 saturated heterocycles. The third-order valence-corrected chi connectivity index (χ3v) is 6.14. The lowest BCUT2D eigenvalue weighted by molar-refractivity contribution is -0.121. The molecule has 1 aromatic heterocycles. The third kappa shape index (κ3) is 5.44. The fourth-order valence-corrected chi connectivity index (χ4v) is 4.23. The number of para-hydroxylation sites is 2. The Labute approximate surface area is 216 Å². The molecule has 3 aromatic carbocycles. The second kappa shape index (κ2) is 11.1. The number of carbonyl (C=O) groups is 1. The number of rotatable bonds is 9. The third-order valence-electron chi connectivity index (χ3n) is 5.54. The maximum atomic E-state index is 12.8. The van der Waals surface area contributed by atoms with Gasteiger partial charge in [-0.25, -0.2) is 10.4 Å². The number of phenolic OH excluding ortho intramolecular Hbond substituents is 1. The number of benzene rings is 3.